The molecular weight excluding hydrogens is 450 g/mol. The summed E-state index contributed by atoms with van der Waals surface area (Å²) in [6.07, 6.45) is 3.39. The van der Waals surface area contributed by atoms with E-state index >= 15 is 0 Å². The summed E-state index contributed by atoms with van der Waals surface area (Å²) < 4.78 is 51.6. The quantitative estimate of drug-likeness (QED) is 0.644. The predicted octanol–water partition coefficient (Wildman–Crippen LogP) is 1.50. The number of aryl methyl sites for hydroxylation is 1. The van der Waals surface area contributed by atoms with Gasteiger partial charge in [0.25, 0.3) is 5.91 Å². The lowest BCUT2D eigenvalue weighted by molar-refractivity contribution is 0.0587. The fraction of sp³-hybridized carbons (Fsp3) is 0.682. The van der Waals surface area contributed by atoms with Crippen molar-refractivity contribution in [3.05, 3.63) is 29.3 Å². The van der Waals surface area contributed by atoms with Gasteiger partial charge in [-0.1, -0.05) is 12.5 Å². The van der Waals surface area contributed by atoms with E-state index in [9.17, 15) is 21.6 Å². The van der Waals surface area contributed by atoms with Gasteiger partial charge in [0.2, 0.25) is 10.0 Å². The van der Waals surface area contributed by atoms with Crippen molar-refractivity contribution < 1.29 is 21.6 Å². The zero-order valence-electron chi connectivity index (χ0n) is 18.9. The Morgan fingerprint density at radius 2 is 1.75 bits per heavy atom. The summed E-state index contributed by atoms with van der Waals surface area (Å²) in [6.45, 7) is 6.56. The molecule has 3 saturated heterocycles. The first-order valence-corrected chi connectivity index (χ1v) is 14.7. The molecule has 0 saturated carbocycles. The van der Waals surface area contributed by atoms with Crippen LogP contribution in [0.2, 0.25) is 0 Å². The Hall–Kier alpha value is -1.49. The van der Waals surface area contributed by atoms with Crippen LogP contribution in [-0.2, 0) is 19.9 Å². The maximum absolute atomic E-state index is 13.3. The van der Waals surface area contributed by atoms with Crippen molar-refractivity contribution in [2.24, 2.45) is 0 Å². The lowest BCUT2D eigenvalue weighted by atomic mass is 10.1. The van der Waals surface area contributed by atoms with Gasteiger partial charge in [-0.15, -0.1) is 0 Å². The standard InChI is InChI=1S/C22H33N3O5S2/c1-17-6-7-20(32(29,30)25-9-4-3-5-18(25)2)15-21(17)22(26)24-12-10-23(11-13-24)19-8-14-31(27,28)16-19/h6-7,15,18-19H,3-5,8-14,16H2,1-2H3. The molecule has 8 nitrogen and oxygen atoms in total. The van der Waals surface area contributed by atoms with E-state index in [1.165, 1.54) is 6.07 Å². The Balaban J connectivity index is 1.48. The van der Waals surface area contributed by atoms with Crippen molar-refractivity contribution in [1.82, 2.24) is 14.1 Å². The van der Waals surface area contributed by atoms with Crippen molar-refractivity contribution in [1.29, 1.82) is 0 Å². The molecule has 0 aromatic heterocycles. The summed E-state index contributed by atoms with van der Waals surface area (Å²) in [4.78, 5) is 17.4. The SMILES string of the molecule is Cc1ccc(S(=O)(=O)N2CCCCC2C)cc1C(=O)N1CCN(C2CCS(=O)(=O)C2)CC1. The molecule has 3 aliphatic rings. The third-order valence-corrected chi connectivity index (χ3v) is 10.9. The molecule has 3 heterocycles. The van der Waals surface area contributed by atoms with E-state index in [1.807, 2.05) is 13.8 Å². The fourth-order valence-corrected chi connectivity index (χ4v) is 8.57. The molecule has 1 amide bonds. The van der Waals surface area contributed by atoms with Crippen LogP contribution >= 0.6 is 0 Å². The van der Waals surface area contributed by atoms with Crippen LogP contribution < -0.4 is 0 Å². The number of nitrogens with zero attached hydrogens (tertiary/aromatic N) is 3. The van der Waals surface area contributed by atoms with Crippen LogP contribution in [0.5, 0.6) is 0 Å². The first-order valence-electron chi connectivity index (χ1n) is 11.4. The topological polar surface area (TPSA) is 95.1 Å². The van der Waals surface area contributed by atoms with Gasteiger partial charge in [0.05, 0.1) is 16.4 Å². The zero-order chi connectivity index (χ0) is 23.1. The second kappa shape index (κ2) is 9.04. The molecule has 0 radical (unpaired) electrons. The van der Waals surface area contributed by atoms with Crippen LogP contribution in [0.4, 0.5) is 0 Å². The highest BCUT2D eigenvalue weighted by molar-refractivity contribution is 7.91. The molecule has 0 aliphatic carbocycles. The summed E-state index contributed by atoms with van der Waals surface area (Å²) >= 11 is 0. The van der Waals surface area contributed by atoms with E-state index in [-0.39, 0.29) is 34.4 Å². The minimum atomic E-state index is -3.65. The van der Waals surface area contributed by atoms with E-state index in [2.05, 4.69) is 4.90 Å². The Morgan fingerprint density at radius 1 is 1.03 bits per heavy atom. The molecule has 3 aliphatic heterocycles. The fourth-order valence-electron chi connectivity index (χ4n) is 5.08. The first-order chi connectivity index (χ1) is 15.1. The van der Waals surface area contributed by atoms with Crippen molar-refractivity contribution in [2.45, 2.75) is 56.5 Å². The van der Waals surface area contributed by atoms with Crippen LogP contribution in [0.1, 0.15) is 48.5 Å². The van der Waals surface area contributed by atoms with E-state index in [4.69, 9.17) is 0 Å². The lowest BCUT2D eigenvalue weighted by Crippen LogP contribution is -2.52. The summed E-state index contributed by atoms with van der Waals surface area (Å²) in [6, 6.07) is 4.85. The van der Waals surface area contributed by atoms with E-state index in [1.54, 1.807) is 21.3 Å². The minimum Gasteiger partial charge on any atom is -0.336 e. The maximum atomic E-state index is 13.3. The number of carbonyl (C=O) groups is 1. The second-order valence-corrected chi connectivity index (χ2v) is 13.4. The Kier molecular flexibility index (Phi) is 6.68. The van der Waals surface area contributed by atoms with Gasteiger partial charge in [-0.25, -0.2) is 16.8 Å². The number of sulfonamides is 1. The average molecular weight is 484 g/mol. The summed E-state index contributed by atoms with van der Waals surface area (Å²) in [5.74, 6) is 0.284. The number of piperazine rings is 1. The predicted molar refractivity (Wildman–Crippen MR) is 123 cm³/mol. The molecule has 178 valence electrons. The number of sulfone groups is 1. The largest absolute Gasteiger partial charge is 0.336 e. The monoisotopic (exact) mass is 483 g/mol. The van der Waals surface area contributed by atoms with Gasteiger partial charge in [-0.3, -0.25) is 9.69 Å². The molecule has 0 spiro atoms. The van der Waals surface area contributed by atoms with Gasteiger partial charge >= 0.3 is 0 Å². The molecule has 4 rings (SSSR count). The molecule has 10 heteroatoms. The normalized spacial score (nSPS) is 27.5. The zero-order valence-corrected chi connectivity index (χ0v) is 20.5. The molecule has 3 fully saturated rings. The molecule has 2 atom stereocenters. The van der Waals surface area contributed by atoms with E-state index in [0.29, 0.717) is 44.7 Å². The molecule has 32 heavy (non-hydrogen) atoms. The minimum absolute atomic E-state index is 0.0401. The number of amides is 1. The maximum Gasteiger partial charge on any atom is 0.254 e. The molecule has 2 unspecified atom stereocenters. The summed E-state index contributed by atoms with van der Waals surface area (Å²) in [5.41, 5.74) is 1.18. The van der Waals surface area contributed by atoms with Crippen molar-refractivity contribution in [3.8, 4) is 0 Å². The van der Waals surface area contributed by atoms with Crippen molar-refractivity contribution in [2.75, 3.05) is 44.2 Å². The van der Waals surface area contributed by atoms with Gasteiger partial charge in [-0.05, 0) is 50.8 Å². The molecule has 1 aromatic rings. The number of rotatable bonds is 4. The Labute approximate surface area is 191 Å². The Bertz CT molecular complexity index is 1080. The van der Waals surface area contributed by atoms with Gasteiger partial charge in [0.1, 0.15) is 0 Å². The van der Waals surface area contributed by atoms with E-state index < -0.39 is 19.9 Å². The lowest BCUT2D eigenvalue weighted by Gasteiger charge is -2.38. The van der Waals surface area contributed by atoms with Crippen LogP contribution in [0.15, 0.2) is 23.1 Å². The van der Waals surface area contributed by atoms with Crippen LogP contribution in [0.25, 0.3) is 0 Å². The molecule has 0 N–H and O–H groups in total. The summed E-state index contributed by atoms with van der Waals surface area (Å²) in [7, 11) is -6.59. The van der Waals surface area contributed by atoms with Gasteiger partial charge < -0.3 is 4.90 Å². The van der Waals surface area contributed by atoms with Crippen LogP contribution in [0.3, 0.4) is 0 Å². The third kappa shape index (κ3) is 4.73. The third-order valence-electron chi connectivity index (χ3n) is 7.11. The van der Waals surface area contributed by atoms with E-state index in [0.717, 1.165) is 24.8 Å². The van der Waals surface area contributed by atoms with Crippen molar-refractivity contribution in [3.63, 3.8) is 0 Å². The Morgan fingerprint density at radius 3 is 2.38 bits per heavy atom. The summed E-state index contributed by atoms with van der Waals surface area (Å²) in [5, 5.41) is 0. The second-order valence-electron chi connectivity index (χ2n) is 9.32. The highest BCUT2D eigenvalue weighted by Crippen LogP contribution is 2.27. The van der Waals surface area contributed by atoms with Gasteiger partial charge in [-0.2, -0.15) is 4.31 Å². The first kappa shape index (κ1) is 23.7. The highest BCUT2D eigenvalue weighted by atomic mass is 32.2. The van der Waals surface area contributed by atoms with Gasteiger partial charge in [0.15, 0.2) is 9.84 Å². The number of hydrogen-bond acceptors (Lipinski definition) is 6. The molecule has 1 aromatic carbocycles. The van der Waals surface area contributed by atoms with Gasteiger partial charge in [0, 0.05) is 50.4 Å². The van der Waals surface area contributed by atoms with Crippen LogP contribution in [-0.4, -0.2) is 93.2 Å². The number of piperidine rings is 1. The molecular formula is C22H33N3O5S2. The average Bonchev–Trinajstić information content (AvgIpc) is 3.13. The number of hydrogen-bond donors (Lipinski definition) is 0. The number of benzene rings is 1. The number of carbonyl (C=O) groups excluding carboxylic acids is 1. The molecule has 0 bridgehead atoms. The van der Waals surface area contributed by atoms with Crippen LogP contribution in [0, 0.1) is 6.92 Å². The smallest absolute Gasteiger partial charge is 0.254 e. The van der Waals surface area contributed by atoms with Crippen molar-refractivity contribution >= 4 is 25.8 Å². The highest BCUT2D eigenvalue weighted by Gasteiger charge is 2.35.